The second kappa shape index (κ2) is 14.4. The number of carbonyl (C=O) groups is 1. The predicted molar refractivity (Wildman–Crippen MR) is 125 cm³/mol. The molecule has 158 valence electrons. The Morgan fingerprint density at radius 3 is 2.64 bits per heavy atom. The maximum atomic E-state index is 10.9. The van der Waals surface area contributed by atoms with Gasteiger partial charge in [0.1, 0.15) is 5.78 Å². The van der Waals surface area contributed by atoms with Crippen molar-refractivity contribution in [3.05, 3.63) is 45.8 Å². The number of hydrogen-bond acceptors (Lipinski definition) is 4. The van der Waals surface area contributed by atoms with Crippen molar-refractivity contribution < 1.29 is 15.0 Å². The average Bonchev–Trinajstić information content (AvgIpc) is 2.99. The molecule has 2 unspecified atom stereocenters. The zero-order valence-corrected chi connectivity index (χ0v) is 19.5. The average molecular weight is 472 g/mol. The van der Waals surface area contributed by atoms with Crippen LogP contribution in [-0.4, -0.2) is 28.2 Å². The number of rotatable bonds is 12. The molecule has 0 aromatic carbocycles. The summed E-state index contributed by atoms with van der Waals surface area (Å²) in [7, 11) is 0. The smallest absolute Gasteiger partial charge is 0.129 e. The van der Waals surface area contributed by atoms with Gasteiger partial charge in [-0.1, -0.05) is 52.4 Å². The topological polar surface area (TPSA) is 57.5 Å². The van der Waals surface area contributed by atoms with E-state index in [0.717, 1.165) is 47.9 Å². The van der Waals surface area contributed by atoms with Crippen LogP contribution in [0.15, 0.2) is 45.8 Å². The van der Waals surface area contributed by atoms with Gasteiger partial charge in [0.25, 0.3) is 0 Å². The van der Waals surface area contributed by atoms with Crippen molar-refractivity contribution in [2.45, 2.75) is 77.4 Å². The Kier molecular flexibility index (Phi) is 13.0. The largest absolute Gasteiger partial charge is 0.393 e. The van der Waals surface area contributed by atoms with Crippen LogP contribution in [0.3, 0.4) is 0 Å². The summed E-state index contributed by atoms with van der Waals surface area (Å²) in [5.74, 6) is 0.762. The number of aliphatic hydroxyl groups is 2. The molecule has 4 atom stereocenters. The summed E-state index contributed by atoms with van der Waals surface area (Å²) in [6, 6.07) is 0. The van der Waals surface area contributed by atoms with Gasteiger partial charge in [0.15, 0.2) is 0 Å². The first-order valence-electron chi connectivity index (χ1n) is 10.2. The Morgan fingerprint density at radius 2 is 1.96 bits per heavy atom. The molecular formula is C23H35BrO3S. The number of carbonyl (C=O) groups excluding carboxylic acids is 1. The van der Waals surface area contributed by atoms with E-state index in [0.29, 0.717) is 18.8 Å². The van der Waals surface area contributed by atoms with E-state index in [9.17, 15) is 15.0 Å². The second-order valence-electron chi connectivity index (χ2n) is 7.64. The molecule has 3 nitrogen and oxygen atoms in total. The molecule has 0 saturated heterocycles. The molecule has 1 aliphatic rings. The molecule has 0 spiro atoms. The number of ketones is 1. The predicted octanol–water partition coefficient (Wildman–Crippen LogP) is 5.89. The Balaban J connectivity index is 2.40. The molecule has 0 aromatic heterocycles. The Bertz CT molecular complexity index is 591. The van der Waals surface area contributed by atoms with E-state index < -0.39 is 6.10 Å². The van der Waals surface area contributed by atoms with E-state index >= 15 is 0 Å². The van der Waals surface area contributed by atoms with Crippen LogP contribution in [0.4, 0.5) is 0 Å². The fourth-order valence-electron chi connectivity index (χ4n) is 3.43. The third-order valence-electron chi connectivity index (χ3n) is 5.13. The lowest BCUT2D eigenvalue weighted by Gasteiger charge is -2.18. The van der Waals surface area contributed by atoms with Gasteiger partial charge in [0.05, 0.1) is 12.2 Å². The summed E-state index contributed by atoms with van der Waals surface area (Å²) in [6.07, 6.45) is 18.0. The minimum absolute atomic E-state index is 0.215. The van der Waals surface area contributed by atoms with Crippen LogP contribution >= 0.6 is 28.6 Å². The molecule has 2 N–H and O–H groups in total. The van der Waals surface area contributed by atoms with Gasteiger partial charge in [-0.25, -0.2) is 0 Å². The van der Waals surface area contributed by atoms with Gasteiger partial charge >= 0.3 is 0 Å². The molecular weight excluding hydrogens is 436 g/mol. The molecule has 5 heteroatoms. The van der Waals surface area contributed by atoms with Crippen LogP contribution < -0.4 is 0 Å². The van der Waals surface area contributed by atoms with Crippen molar-refractivity contribution in [2.75, 3.05) is 0 Å². The summed E-state index contributed by atoms with van der Waals surface area (Å²) < 4.78 is 0.956. The van der Waals surface area contributed by atoms with Crippen LogP contribution in [0.25, 0.3) is 0 Å². The fraction of sp³-hybridized carbons (Fsp3) is 0.609. The highest BCUT2D eigenvalue weighted by molar-refractivity contribution is 9.12. The third-order valence-corrected chi connectivity index (χ3v) is 6.54. The van der Waals surface area contributed by atoms with Crippen LogP contribution in [0.2, 0.25) is 0 Å². The highest BCUT2D eigenvalue weighted by Crippen LogP contribution is 2.36. The lowest BCUT2D eigenvalue weighted by molar-refractivity contribution is -0.117. The fourth-order valence-corrected chi connectivity index (χ4v) is 3.69. The number of thiol groups is 1. The first-order valence-corrected chi connectivity index (χ1v) is 11.5. The van der Waals surface area contributed by atoms with E-state index in [2.05, 4.69) is 46.8 Å². The monoisotopic (exact) mass is 470 g/mol. The first kappa shape index (κ1) is 25.4. The Labute approximate surface area is 184 Å². The lowest BCUT2D eigenvalue weighted by atomic mass is 9.90. The standard InChI is InChI=1S/C23H35BrO3S/c1-17(25)9-5-3-4-6-11-21-19(14-16-23(21)27)13-15-20(26)10-7-8-12-22(24)18(2)28/h4,6,8,12-13,15,19-21,23,26-28H,3,5,7,9-11,14,16H2,1-2H3/b6-4-,12-8+,15-13+,22-18+/t19-,20-,21?,23?/m0/s1. The van der Waals surface area contributed by atoms with Crippen LogP contribution in [0, 0.1) is 11.8 Å². The zero-order chi connectivity index (χ0) is 20.9. The molecule has 0 aliphatic heterocycles. The summed E-state index contributed by atoms with van der Waals surface area (Å²) in [6.45, 7) is 3.54. The number of allylic oxidation sites excluding steroid dienone is 7. The van der Waals surface area contributed by atoms with E-state index in [1.807, 2.05) is 25.2 Å². The summed E-state index contributed by atoms with van der Waals surface area (Å²) in [5.41, 5.74) is 0. The van der Waals surface area contributed by atoms with Crippen LogP contribution in [0.5, 0.6) is 0 Å². The molecule has 0 heterocycles. The first-order chi connectivity index (χ1) is 13.3. The molecule has 0 radical (unpaired) electrons. The van der Waals surface area contributed by atoms with Gasteiger partial charge in [0.2, 0.25) is 0 Å². The normalized spacial score (nSPS) is 25.1. The number of Topliss-reactive ketones (excluding diaryl/α,β-unsaturated/α-hetero) is 1. The summed E-state index contributed by atoms with van der Waals surface area (Å²) in [4.78, 5) is 11.9. The lowest BCUT2D eigenvalue weighted by Crippen LogP contribution is -2.17. The van der Waals surface area contributed by atoms with Gasteiger partial charge in [-0.15, -0.1) is 12.6 Å². The minimum atomic E-state index is -0.468. The SMILES string of the molecule is CC(=O)CCC/C=C\CC1C(O)CC[C@@H]1/C=C/[C@@H](O)CC/C=C/C(Br)=C(/C)S. The van der Waals surface area contributed by atoms with Crippen molar-refractivity contribution in [1.29, 1.82) is 0 Å². The van der Waals surface area contributed by atoms with E-state index in [1.165, 1.54) is 0 Å². The quantitative estimate of drug-likeness (QED) is 0.144. The van der Waals surface area contributed by atoms with Gasteiger partial charge in [0, 0.05) is 10.9 Å². The van der Waals surface area contributed by atoms with Gasteiger partial charge in [-0.05, 0) is 75.5 Å². The zero-order valence-electron chi connectivity index (χ0n) is 17.1. The minimum Gasteiger partial charge on any atom is -0.393 e. The molecule has 1 fully saturated rings. The Hall–Kier alpha value is -0.620. The molecule has 1 aliphatic carbocycles. The highest BCUT2D eigenvalue weighted by Gasteiger charge is 2.32. The number of halogens is 1. The van der Waals surface area contributed by atoms with Crippen molar-refractivity contribution in [3.63, 3.8) is 0 Å². The van der Waals surface area contributed by atoms with E-state index in [-0.39, 0.29) is 17.8 Å². The van der Waals surface area contributed by atoms with E-state index in [4.69, 9.17) is 0 Å². The molecule has 0 aromatic rings. The van der Waals surface area contributed by atoms with Crippen molar-refractivity contribution in [1.82, 2.24) is 0 Å². The number of hydrogen-bond donors (Lipinski definition) is 3. The van der Waals surface area contributed by atoms with E-state index in [1.54, 1.807) is 6.92 Å². The van der Waals surface area contributed by atoms with Gasteiger partial charge in [-0.3, -0.25) is 0 Å². The van der Waals surface area contributed by atoms with Gasteiger partial charge in [-0.2, -0.15) is 0 Å². The van der Waals surface area contributed by atoms with Crippen LogP contribution in [0.1, 0.15) is 65.2 Å². The van der Waals surface area contributed by atoms with Crippen molar-refractivity contribution >= 4 is 34.3 Å². The third kappa shape index (κ3) is 10.8. The number of aliphatic hydroxyl groups excluding tert-OH is 2. The van der Waals surface area contributed by atoms with Gasteiger partial charge < -0.3 is 15.0 Å². The maximum absolute atomic E-state index is 10.9. The second-order valence-corrected chi connectivity index (χ2v) is 9.16. The van der Waals surface area contributed by atoms with Crippen molar-refractivity contribution in [2.24, 2.45) is 11.8 Å². The molecule has 1 saturated carbocycles. The number of unbranched alkanes of at least 4 members (excludes halogenated alkanes) is 1. The van der Waals surface area contributed by atoms with Crippen LogP contribution in [-0.2, 0) is 4.79 Å². The summed E-state index contributed by atoms with van der Waals surface area (Å²) in [5, 5.41) is 20.5. The maximum Gasteiger partial charge on any atom is 0.129 e. The highest BCUT2D eigenvalue weighted by atomic mass is 79.9. The summed E-state index contributed by atoms with van der Waals surface area (Å²) >= 11 is 7.70. The molecule has 1 rings (SSSR count). The Morgan fingerprint density at radius 1 is 1.21 bits per heavy atom. The molecule has 0 amide bonds. The molecule has 0 bridgehead atoms. The van der Waals surface area contributed by atoms with Crippen molar-refractivity contribution in [3.8, 4) is 0 Å². The molecule has 28 heavy (non-hydrogen) atoms.